The van der Waals surface area contributed by atoms with Crippen molar-refractivity contribution in [1.82, 2.24) is 0 Å². The lowest BCUT2D eigenvalue weighted by atomic mass is 9.84. The molecule has 236 valence electrons. The van der Waals surface area contributed by atoms with Crippen molar-refractivity contribution in [1.29, 1.82) is 0 Å². The average molecular weight is 677 g/mol. The van der Waals surface area contributed by atoms with Crippen LogP contribution in [0.5, 0.6) is 0 Å². The minimum absolute atomic E-state index is 0.462. The molecule has 0 aliphatic carbocycles. The van der Waals surface area contributed by atoms with Crippen LogP contribution in [0.15, 0.2) is 186 Å². The maximum atomic E-state index is 10.3. The summed E-state index contributed by atoms with van der Waals surface area (Å²) in [5.41, 5.74) is -6.13. The molecule has 11 aromatic rings. The molecular weight excluding hydrogens is 617 g/mol. The van der Waals surface area contributed by atoms with Crippen LogP contribution in [0.4, 0.5) is 0 Å². The predicted octanol–water partition coefficient (Wildman–Crippen LogP) is 14.4. The topological polar surface area (TPSA) is 13.1 Å². The third-order valence-corrected chi connectivity index (χ3v) is 8.57. The standard InChI is InChI=1S/C50H30O/c1-2-13-34-29-35(25-23-31(34)11-1)47-40-16-5-7-18-42(40)48(43-19-8-6-17-41(43)47)36-26-24-33-14-9-20-38(44(33)30-36)39-21-10-22-45-50(39)49-37-15-4-3-12-32(37)27-28-46(49)51-45/h1-30H/i1D,2D,3D,4D,5D,6D,7D,8D,9D,10D,11D,12D,13D,14D,15D,16D,17D,18D,19D,20D,21D,22D,23D,24D,25D,26D,27D,28D,29D,30D. The van der Waals surface area contributed by atoms with Gasteiger partial charge in [0.1, 0.15) is 11.2 Å². The molecule has 1 heteroatoms. The van der Waals surface area contributed by atoms with Crippen molar-refractivity contribution in [2.45, 2.75) is 0 Å². The van der Waals surface area contributed by atoms with Crippen molar-refractivity contribution in [2.24, 2.45) is 0 Å². The van der Waals surface area contributed by atoms with Crippen LogP contribution < -0.4 is 0 Å². The molecule has 0 spiro atoms. The van der Waals surface area contributed by atoms with Crippen molar-refractivity contribution in [3.8, 4) is 33.4 Å². The van der Waals surface area contributed by atoms with E-state index in [4.69, 9.17) is 29.1 Å². The van der Waals surface area contributed by atoms with Crippen molar-refractivity contribution >= 4 is 75.8 Å². The second-order valence-corrected chi connectivity index (χ2v) is 11.3. The Hall–Kier alpha value is -6.70. The first-order valence-corrected chi connectivity index (χ1v) is 15.2. The van der Waals surface area contributed by atoms with Crippen molar-refractivity contribution < 1.29 is 45.5 Å². The molecule has 10 aromatic carbocycles. The molecule has 0 saturated carbocycles. The monoisotopic (exact) mass is 676 g/mol. The van der Waals surface area contributed by atoms with Gasteiger partial charge in [-0.3, -0.25) is 0 Å². The van der Waals surface area contributed by atoms with Crippen LogP contribution in [-0.4, -0.2) is 0 Å². The van der Waals surface area contributed by atoms with E-state index >= 15 is 0 Å². The van der Waals surface area contributed by atoms with Crippen molar-refractivity contribution in [2.75, 3.05) is 0 Å². The summed E-state index contributed by atoms with van der Waals surface area (Å²) in [7, 11) is 0. The second kappa shape index (κ2) is 10.9. The molecule has 0 N–H and O–H groups in total. The zero-order valence-corrected chi connectivity index (χ0v) is 25.4. The van der Waals surface area contributed by atoms with Crippen molar-refractivity contribution in [3.05, 3.63) is 181 Å². The third-order valence-electron chi connectivity index (χ3n) is 8.57. The minimum atomic E-state index is -1.10. The molecule has 0 unspecified atom stereocenters. The molecule has 1 nitrogen and oxygen atoms in total. The molecule has 1 heterocycles. The van der Waals surface area contributed by atoms with E-state index in [1.54, 1.807) is 0 Å². The van der Waals surface area contributed by atoms with Gasteiger partial charge in [0.25, 0.3) is 0 Å². The number of benzene rings is 10. The lowest BCUT2D eigenvalue weighted by Gasteiger charge is -2.19. The maximum Gasteiger partial charge on any atom is 0.136 e. The molecule has 0 radical (unpaired) electrons. The normalized spacial score (nSPS) is 20.2. The van der Waals surface area contributed by atoms with Gasteiger partial charge in [0.15, 0.2) is 0 Å². The predicted molar refractivity (Wildman–Crippen MR) is 218 cm³/mol. The molecule has 11 rings (SSSR count). The lowest BCUT2D eigenvalue weighted by molar-refractivity contribution is 0.669. The molecule has 0 amide bonds. The van der Waals surface area contributed by atoms with Gasteiger partial charge in [-0.25, -0.2) is 0 Å². The quantitative estimate of drug-likeness (QED) is 0.170. The summed E-state index contributed by atoms with van der Waals surface area (Å²) in [6, 6.07) is -28.6. The number of hydrogen-bond donors (Lipinski definition) is 0. The Balaban J connectivity index is 1.45. The van der Waals surface area contributed by atoms with Crippen LogP contribution in [0, 0.1) is 0 Å². The summed E-state index contributed by atoms with van der Waals surface area (Å²) in [6.07, 6.45) is 0. The van der Waals surface area contributed by atoms with Gasteiger partial charge in [-0.1, -0.05) is 157 Å². The summed E-state index contributed by atoms with van der Waals surface area (Å²) in [5.74, 6) is 0. The molecule has 0 aliphatic rings. The van der Waals surface area contributed by atoms with E-state index in [-0.39, 0.29) is 0 Å². The summed E-state index contributed by atoms with van der Waals surface area (Å²) in [4.78, 5) is 0. The molecule has 0 atom stereocenters. The Kier molecular flexibility index (Phi) is 2.50. The van der Waals surface area contributed by atoms with E-state index in [9.17, 15) is 16.4 Å². The van der Waals surface area contributed by atoms with E-state index in [2.05, 4.69) is 0 Å². The Morgan fingerprint density at radius 2 is 0.804 bits per heavy atom. The summed E-state index contributed by atoms with van der Waals surface area (Å²) < 4.78 is 280. The van der Waals surface area contributed by atoms with Crippen LogP contribution >= 0.6 is 0 Å². The van der Waals surface area contributed by atoms with Gasteiger partial charge in [0.2, 0.25) is 0 Å². The highest BCUT2D eigenvalue weighted by molar-refractivity contribution is 6.25. The number of hydrogen-bond acceptors (Lipinski definition) is 1. The summed E-state index contributed by atoms with van der Waals surface area (Å²) in [6.45, 7) is 0. The Bertz CT molecular complexity index is 4850. The highest BCUT2D eigenvalue weighted by Gasteiger charge is 2.19. The van der Waals surface area contributed by atoms with Gasteiger partial charge in [-0.05, 0) is 111 Å². The van der Waals surface area contributed by atoms with E-state index in [1.807, 2.05) is 0 Å². The molecular formula is C50H30O. The number of rotatable bonds is 3. The fraction of sp³-hybridized carbons (Fsp3) is 0. The van der Waals surface area contributed by atoms with Gasteiger partial charge < -0.3 is 4.42 Å². The Morgan fingerprint density at radius 3 is 1.53 bits per heavy atom. The zero-order valence-electron chi connectivity index (χ0n) is 55.4. The summed E-state index contributed by atoms with van der Waals surface area (Å²) in [5, 5.41) is -8.06. The van der Waals surface area contributed by atoms with Gasteiger partial charge >= 0.3 is 0 Å². The third kappa shape index (κ3) is 4.22. The molecule has 0 bridgehead atoms. The largest absolute Gasteiger partial charge is 0.456 e. The van der Waals surface area contributed by atoms with Crippen LogP contribution in [0.3, 0.4) is 0 Å². The summed E-state index contributed by atoms with van der Waals surface area (Å²) >= 11 is 0. The molecule has 0 fully saturated rings. The Morgan fingerprint density at radius 1 is 0.314 bits per heavy atom. The smallest absolute Gasteiger partial charge is 0.136 e. The van der Waals surface area contributed by atoms with Crippen LogP contribution in [0.25, 0.3) is 109 Å². The Labute approximate surface area is 336 Å². The zero-order chi connectivity index (χ0) is 59.6. The molecule has 0 aliphatic heterocycles. The minimum Gasteiger partial charge on any atom is -0.456 e. The van der Waals surface area contributed by atoms with Crippen molar-refractivity contribution in [3.63, 3.8) is 0 Å². The van der Waals surface area contributed by atoms with Gasteiger partial charge in [-0.15, -0.1) is 0 Å². The fourth-order valence-corrected chi connectivity index (χ4v) is 6.45. The van der Waals surface area contributed by atoms with E-state index < -0.39 is 290 Å². The highest BCUT2D eigenvalue weighted by Crippen LogP contribution is 2.46. The first kappa shape index (κ1) is 11.7. The molecule has 51 heavy (non-hydrogen) atoms. The molecule has 1 aromatic heterocycles. The van der Waals surface area contributed by atoms with E-state index in [1.165, 1.54) is 0 Å². The van der Waals surface area contributed by atoms with Crippen LogP contribution in [0.1, 0.15) is 41.1 Å². The second-order valence-electron chi connectivity index (χ2n) is 11.3. The van der Waals surface area contributed by atoms with Gasteiger partial charge in [0, 0.05) is 10.8 Å². The number of furan rings is 1. The SMILES string of the molecule is [2H]c1c([2H])c(-c2c([2H])c([2H])c([2H])c3c([2H])c([2H])c(-c4c5c([2H])c([2H])c([2H])c([2H])c5c(-c5c([2H])c([2H])c6c([2H])c([2H])c([2H])c([2H])c6c5[2H])c5c([2H])c([2H])c([2H])c([2H])c45)c([2H])c23)c2c(oc3c([2H])c([2H])c4c([2H])c([2H])c([2H])c([2H])c4c32)c1[2H]. The first-order valence-electron chi connectivity index (χ1n) is 30.2. The maximum absolute atomic E-state index is 10.3. The first-order chi connectivity index (χ1) is 37.8. The van der Waals surface area contributed by atoms with E-state index in [0.717, 1.165) is 0 Å². The van der Waals surface area contributed by atoms with E-state index in [0.29, 0.717) is 0 Å². The van der Waals surface area contributed by atoms with Crippen LogP contribution in [-0.2, 0) is 0 Å². The lowest BCUT2D eigenvalue weighted by Crippen LogP contribution is -1.91. The molecule has 0 saturated heterocycles. The highest BCUT2D eigenvalue weighted by atomic mass is 16.3. The van der Waals surface area contributed by atoms with Crippen LogP contribution in [0.2, 0.25) is 0 Å². The number of fused-ring (bicyclic) bond motifs is 9. The van der Waals surface area contributed by atoms with Gasteiger partial charge in [0.05, 0.1) is 41.1 Å². The fourth-order valence-electron chi connectivity index (χ4n) is 6.45. The average Bonchev–Trinajstić information content (AvgIpc) is 3.88. The van der Waals surface area contributed by atoms with Gasteiger partial charge in [-0.2, -0.15) is 0 Å².